The number of carbonyl (C=O) groups is 1. The van der Waals surface area contributed by atoms with E-state index in [1.54, 1.807) is 0 Å². The summed E-state index contributed by atoms with van der Waals surface area (Å²) in [4.78, 5) is 8.89. The fourth-order valence-corrected chi connectivity index (χ4v) is 0. The quantitative estimate of drug-likeness (QED) is 0.314. The minimum atomic E-state index is -1.08. The second-order valence-corrected chi connectivity index (χ2v) is 0.492. The summed E-state index contributed by atoms with van der Waals surface area (Å²) in [7, 11) is 0. The number of carboxylic acids is 1. The summed E-state index contributed by atoms with van der Waals surface area (Å²) in [6, 6.07) is 0. The molecule has 0 atom stereocenters. The van der Waals surface area contributed by atoms with E-state index in [-0.39, 0.29) is 12.4 Å². The molecule has 3 heteroatoms. The topological polar surface area (TPSA) is 40.1 Å². The fraction of sp³-hybridized carbons (Fsp3) is 0.250. The van der Waals surface area contributed by atoms with E-state index in [1.807, 2.05) is 0 Å². The monoisotopic (exact) mass is 122 g/mol. The van der Waals surface area contributed by atoms with Crippen LogP contribution in [0, 0.1) is 0 Å². The standard InChI is InChI=1S/C2H4O2.C2H4.ClH/c1-2(3)4;1-2;/h1H3,(H,3,4);1-2H2;1H/p-2. The number of aliphatic carboxylic acids is 1. The van der Waals surface area contributed by atoms with E-state index in [0.717, 1.165) is 6.92 Å². The molecule has 0 amide bonds. The molecule has 0 rings (SSSR count). The molecule has 0 aliphatic rings. The predicted octanol–water partition coefficient (Wildman–Crippen LogP) is -3.44. The molecule has 0 aromatic rings. The van der Waals surface area contributed by atoms with Crippen LogP contribution in [0.5, 0.6) is 0 Å². The van der Waals surface area contributed by atoms with Crippen LogP contribution < -0.4 is 17.5 Å². The summed E-state index contributed by atoms with van der Waals surface area (Å²) in [6.07, 6.45) is 0. The highest BCUT2D eigenvalue weighted by Gasteiger charge is 1.46. The SMILES string of the molecule is C=C.CC(=O)[O-].[Cl-]. The van der Waals surface area contributed by atoms with E-state index in [9.17, 15) is 0 Å². The average Bonchev–Trinajstić information content (AvgIpc) is 1.41. The smallest absolute Gasteiger partial charge is 0.0383 e. The van der Waals surface area contributed by atoms with Crippen molar-refractivity contribution in [2.24, 2.45) is 0 Å². The van der Waals surface area contributed by atoms with Crippen molar-refractivity contribution in [1.82, 2.24) is 0 Å². The maximum Gasteiger partial charge on any atom is 0.0383 e. The molecule has 0 saturated heterocycles. The number of hydrogen-bond acceptors (Lipinski definition) is 2. The van der Waals surface area contributed by atoms with E-state index >= 15 is 0 Å². The molecule has 0 aliphatic carbocycles. The molecule has 0 heterocycles. The lowest BCUT2D eigenvalue weighted by Gasteiger charge is -1.77. The minimum Gasteiger partial charge on any atom is -1.00 e. The van der Waals surface area contributed by atoms with Gasteiger partial charge in [0.1, 0.15) is 0 Å². The molecule has 44 valence electrons. The third-order valence-corrected chi connectivity index (χ3v) is 0. The second kappa shape index (κ2) is 17.8. The van der Waals surface area contributed by atoms with Crippen LogP contribution in [-0.4, -0.2) is 5.97 Å². The summed E-state index contributed by atoms with van der Waals surface area (Å²) in [6.45, 7) is 6.97. The highest BCUT2D eigenvalue weighted by molar-refractivity contribution is 5.60. The zero-order chi connectivity index (χ0) is 5.58. The lowest BCUT2D eigenvalue weighted by atomic mass is 10.9. The third-order valence-electron chi connectivity index (χ3n) is 0. The molecular weight excluding hydrogens is 115 g/mol. The number of hydrogen-bond donors (Lipinski definition) is 0. The number of halogens is 1. The van der Waals surface area contributed by atoms with Crippen LogP contribution in [-0.2, 0) is 4.79 Å². The van der Waals surface area contributed by atoms with E-state index < -0.39 is 5.97 Å². The number of carboxylic acid groups (broad SMARTS) is 1. The predicted molar refractivity (Wildman–Crippen MR) is 21.9 cm³/mol. The Balaban J connectivity index is -0.0000000480. The maximum atomic E-state index is 8.89. The Bertz CT molecular complexity index is 41.0. The van der Waals surface area contributed by atoms with Gasteiger partial charge in [-0.3, -0.25) is 0 Å². The van der Waals surface area contributed by atoms with Gasteiger partial charge in [-0.15, -0.1) is 13.2 Å². The van der Waals surface area contributed by atoms with Gasteiger partial charge >= 0.3 is 0 Å². The molecule has 0 aromatic carbocycles. The van der Waals surface area contributed by atoms with Gasteiger partial charge in [-0.1, -0.05) is 0 Å². The Labute approximate surface area is 49.3 Å². The van der Waals surface area contributed by atoms with Crippen molar-refractivity contribution < 1.29 is 22.3 Å². The molecule has 0 unspecified atom stereocenters. The largest absolute Gasteiger partial charge is 1.00 e. The van der Waals surface area contributed by atoms with Crippen molar-refractivity contribution in [1.29, 1.82) is 0 Å². The molecule has 0 aliphatic heterocycles. The first-order valence-electron chi connectivity index (χ1n) is 1.41. The highest BCUT2D eigenvalue weighted by atomic mass is 35.5. The highest BCUT2D eigenvalue weighted by Crippen LogP contribution is 1.31. The number of carbonyl (C=O) groups excluding carboxylic acids is 1. The molecule has 0 spiro atoms. The maximum absolute atomic E-state index is 8.89. The molecule has 7 heavy (non-hydrogen) atoms. The van der Waals surface area contributed by atoms with Crippen LogP contribution >= 0.6 is 0 Å². The van der Waals surface area contributed by atoms with Crippen molar-refractivity contribution in [3.63, 3.8) is 0 Å². The summed E-state index contributed by atoms with van der Waals surface area (Å²) in [5.74, 6) is -1.08. The van der Waals surface area contributed by atoms with E-state index in [1.165, 1.54) is 0 Å². The van der Waals surface area contributed by atoms with Crippen molar-refractivity contribution in [2.75, 3.05) is 0 Å². The van der Waals surface area contributed by atoms with Crippen LogP contribution in [0.1, 0.15) is 6.92 Å². The lowest BCUT2D eigenvalue weighted by molar-refractivity contribution is -0.302. The Kier molecular flexibility index (Phi) is 40.9. The van der Waals surface area contributed by atoms with Gasteiger partial charge in [-0.25, -0.2) is 0 Å². The first-order valence-corrected chi connectivity index (χ1v) is 1.41. The average molecular weight is 123 g/mol. The van der Waals surface area contributed by atoms with E-state index in [2.05, 4.69) is 13.2 Å². The van der Waals surface area contributed by atoms with Crippen LogP contribution in [0.25, 0.3) is 0 Å². The van der Waals surface area contributed by atoms with Gasteiger partial charge in [-0.05, 0) is 6.92 Å². The summed E-state index contributed by atoms with van der Waals surface area (Å²) < 4.78 is 0. The first-order chi connectivity index (χ1) is 2.73. The van der Waals surface area contributed by atoms with Crippen LogP contribution in [0.2, 0.25) is 0 Å². The Morgan fingerprint density at radius 3 is 1.57 bits per heavy atom. The van der Waals surface area contributed by atoms with Gasteiger partial charge in [0.25, 0.3) is 0 Å². The van der Waals surface area contributed by atoms with Gasteiger partial charge < -0.3 is 22.3 Å². The second-order valence-electron chi connectivity index (χ2n) is 0.492. The van der Waals surface area contributed by atoms with Crippen molar-refractivity contribution in [3.8, 4) is 0 Å². The van der Waals surface area contributed by atoms with Crippen molar-refractivity contribution in [3.05, 3.63) is 13.2 Å². The van der Waals surface area contributed by atoms with Crippen LogP contribution in [0.3, 0.4) is 0 Å². The molecule has 0 radical (unpaired) electrons. The Morgan fingerprint density at radius 2 is 1.57 bits per heavy atom. The molecule has 0 aromatic heterocycles. The van der Waals surface area contributed by atoms with Gasteiger partial charge in [0.15, 0.2) is 0 Å². The van der Waals surface area contributed by atoms with Gasteiger partial charge in [0.2, 0.25) is 0 Å². The third kappa shape index (κ3) is 270. The fourth-order valence-electron chi connectivity index (χ4n) is 0. The Morgan fingerprint density at radius 1 is 1.57 bits per heavy atom. The first kappa shape index (κ1) is 16.1. The van der Waals surface area contributed by atoms with E-state index in [0.29, 0.717) is 0 Å². The Hall–Kier alpha value is -0.500. The zero-order valence-electron chi connectivity index (χ0n) is 4.11. The van der Waals surface area contributed by atoms with Crippen LogP contribution in [0.15, 0.2) is 13.2 Å². The van der Waals surface area contributed by atoms with Gasteiger partial charge in [0, 0.05) is 5.97 Å². The molecule has 0 bridgehead atoms. The molecule has 0 N–H and O–H groups in total. The van der Waals surface area contributed by atoms with Gasteiger partial charge in [0.05, 0.1) is 0 Å². The summed E-state index contributed by atoms with van der Waals surface area (Å²) in [5, 5.41) is 8.89. The molecular formula is C4H7ClO2-2. The van der Waals surface area contributed by atoms with Crippen molar-refractivity contribution >= 4 is 5.97 Å². The van der Waals surface area contributed by atoms with E-state index in [4.69, 9.17) is 9.90 Å². The van der Waals surface area contributed by atoms with Gasteiger partial charge in [-0.2, -0.15) is 0 Å². The molecule has 2 nitrogen and oxygen atoms in total. The molecule has 0 fully saturated rings. The molecule has 0 saturated carbocycles. The minimum absolute atomic E-state index is 0. The summed E-state index contributed by atoms with van der Waals surface area (Å²) in [5.41, 5.74) is 0. The lowest BCUT2D eigenvalue weighted by Crippen LogP contribution is -3.00. The normalized spacial score (nSPS) is 4.14. The zero-order valence-corrected chi connectivity index (χ0v) is 4.86. The van der Waals surface area contributed by atoms with Crippen molar-refractivity contribution in [2.45, 2.75) is 6.92 Å². The van der Waals surface area contributed by atoms with Crippen LogP contribution in [0.4, 0.5) is 0 Å². The number of rotatable bonds is 0. The summed E-state index contributed by atoms with van der Waals surface area (Å²) >= 11 is 0.